The lowest BCUT2D eigenvalue weighted by Gasteiger charge is -1.99. The van der Waals surface area contributed by atoms with Crippen LogP contribution in [0, 0.1) is 0 Å². The number of aromatic nitrogens is 2. The number of aliphatic hydroxyl groups excluding tert-OH is 1. The molecular weight excluding hydrogens is 216 g/mol. The molecule has 2 heterocycles. The van der Waals surface area contributed by atoms with Gasteiger partial charge in [-0.25, -0.2) is 0 Å². The van der Waals surface area contributed by atoms with E-state index in [1.165, 1.54) is 18.5 Å². The molecule has 0 bridgehead atoms. The van der Waals surface area contributed by atoms with Crippen LogP contribution in [0.2, 0.25) is 0 Å². The zero-order chi connectivity index (χ0) is 12.1. The molecule has 0 aliphatic heterocycles. The molecule has 0 amide bonds. The van der Waals surface area contributed by atoms with Crippen LogP contribution in [0.15, 0.2) is 55.1 Å². The second kappa shape index (κ2) is 5.03. The van der Waals surface area contributed by atoms with Crippen molar-refractivity contribution in [2.45, 2.75) is 0 Å². The van der Waals surface area contributed by atoms with E-state index in [2.05, 4.69) is 9.97 Å². The van der Waals surface area contributed by atoms with Crippen LogP contribution in [-0.2, 0) is 0 Å². The average Bonchev–Trinajstić information content (AvgIpc) is 2.40. The van der Waals surface area contributed by atoms with E-state index < -0.39 is 0 Å². The van der Waals surface area contributed by atoms with Crippen molar-refractivity contribution in [1.29, 1.82) is 0 Å². The molecule has 2 aromatic heterocycles. The van der Waals surface area contributed by atoms with Crippen molar-refractivity contribution in [3.05, 3.63) is 66.3 Å². The molecule has 0 atom stereocenters. The number of allylic oxidation sites excluding steroid dienone is 1. The first-order valence-corrected chi connectivity index (χ1v) is 5.03. The van der Waals surface area contributed by atoms with Crippen molar-refractivity contribution < 1.29 is 9.90 Å². The smallest absolute Gasteiger partial charge is 0.189 e. The predicted molar refractivity (Wildman–Crippen MR) is 63.4 cm³/mol. The maximum Gasteiger partial charge on any atom is 0.189 e. The van der Waals surface area contributed by atoms with E-state index in [9.17, 15) is 9.90 Å². The van der Waals surface area contributed by atoms with Gasteiger partial charge < -0.3 is 5.11 Å². The summed E-state index contributed by atoms with van der Waals surface area (Å²) in [4.78, 5) is 19.4. The quantitative estimate of drug-likeness (QED) is 0.495. The minimum Gasteiger partial charge on any atom is -0.507 e. The second-order valence-electron chi connectivity index (χ2n) is 3.37. The molecule has 0 aliphatic carbocycles. The van der Waals surface area contributed by atoms with Gasteiger partial charge >= 0.3 is 0 Å². The van der Waals surface area contributed by atoms with E-state index in [0.29, 0.717) is 11.1 Å². The van der Waals surface area contributed by atoms with Crippen LogP contribution in [0.4, 0.5) is 0 Å². The summed E-state index contributed by atoms with van der Waals surface area (Å²) in [5.41, 5.74) is 1.04. The molecule has 2 aromatic rings. The number of rotatable bonds is 3. The maximum atomic E-state index is 11.7. The van der Waals surface area contributed by atoms with Crippen LogP contribution in [0.3, 0.4) is 0 Å². The van der Waals surface area contributed by atoms with Crippen LogP contribution in [0.25, 0.3) is 5.76 Å². The molecule has 0 spiro atoms. The number of nitrogens with zero attached hydrogens (tertiary/aromatic N) is 2. The lowest BCUT2D eigenvalue weighted by Crippen LogP contribution is -1.96. The summed E-state index contributed by atoms with van der Waals surface area (Å²) in [6.45, 7) is 0. The van der Waals surface area contributed by atoms with E-state index in [4.69, 9.17) is 0 Å². The minimum atomic E-state index is -0.262. The van der Waals surface area contributed by atoms with Crippen molar-refractivity contribution in [1.82, 2.24) is 9.97 Å². The highest BCUT2D eigenvalue weighted by atomic mass is 16.3. The third-order valence-corrected chi connectivity index (χ3v) is 2.21. The number of hydrogen-bond donors (Lipinski definition) is 1. The van der Waals surface area contributed by atoms with Gasteiger partial charge in [0.15, 0.2) is 5.78 Å². The Hall–Kier alpha value is -2.49. The molecule has 0 saturated carbocycles. The van der Waals surface area contributed by atoms with Crippen molar-refractivity contribution in [2.24, 2.45) is 0 Å². The van der Waals surface area contributed by atoms with Gasteiger partial charge in [0.25, 0.3) is 0 Å². The SMILES string of the molecule is O=C(/C=C(\O)c1ccncc1)c1ccncc1. The molecular formula is C13H10N2O2. The Balaban J connectivity index is 2.24. The normalized spacial score (nSPS) is 11.2. The standard InChI is InChI=1S/C13H10N2O2/c16-12(10-1-5-14-6-2-10)9-13(17)11-3-7-15-8-4-11/h1-9,16H/b12-9-. The van der Waals surface area contributed by atoms with Gasteiger partial charge in [-0.05, 0) is 24.3 Å². The van der Waals surface area contributed by atoms with Crippen LogP contribution in [-0.4, -0.2) is 20.9 Å². The Labute approximate surface area is 98.3 Å². The fourth-order valence-corrected chi connectivity index (χ4v) is 1.33. The lowest BCUT2D eigenvalue weighted by atomic mass is 10.1. The summed E-state index contributed by atoms with van der Waals surface area (Å²) in [6, 6.07) is 6.45. The van der Waals surface area contributed by atoms with Crippen LogP contribution in [0.5, 0.6) is 0 Å². The topological polar surface area (TPSA) is 63.1 Å². The highest BCUT2D eigenvalue weighted by Crippen LogP contribution is 2.11. The van der Waals surface area contributed by atoms with Gasteiger partial charge in [0.2, 0.25) is 0 Å². The fraction of sp³-hybridized carbons (Fsp3) is 0. The molecule has 4 heteroatoms. The zero-order valence-corrected chi connectivity index (χ0v) is 8.95. The van der Waals surface area contributed by atoms with Gasteiger partial charge in [0.1, 0.15) is 5.76 Å². The average molecular weight is 226 g/mol. The first-order chi connectivity index (χ1) is 8.27. The Morgan fingerprint density at radius 1 is 0.941 bits per heavy atom. The van der Waals surface area contributed by atoms with Gasteiger partial charge in [0.05, 0.1) is 0 Å². The molecule has 0 aliphatic rings. The summed E-state index contributed by atoms with van der Waals surface area (Å²) < 4.78 is 0. The Kier molecular flexibility index (Phi) is 3.25. The molecule has 17 heavy (non-hydrogen) atoms. The monoisotopic (exact) mass is 226 g/mol. The van der Waals surface area contributed by atoms with Crippen molar-refractivity contribution >= 4 is 11.5 Å². The molecule has 0 radical (unpaired) electrons. The lowest BCUT2D eigenvalue weighted by molar-refractivity contribution is 0.104. The van der Waals surface area contributed by atoms with E-state index in [0.717, 1.165) is 0 Å². The maximum absolute atomic E-state index is 11.7. The van der Waals surface area contributed by atoms with Gasteiger partial charge in [0, 0.05) is 42.0 Å². The van der Waals surface area contributed by atoms with Crippen molar-refractivity contribution in [2.75, 3.05) is 0 Å². The summed E-state index contributed by atoms with van der Waals surface area (Å²) in [7, 11) is 0. The molecule has 0 saturated heterocycles. The fourth-order valence-electron chi connectivity index (χ4n) is 1.33. The number of hydrogen-bond acceptors (Lipinski definition) is 4. The molecule has 0 fully saturated rings. The second-order valence-corrected chi connectivity index (χ2v) is 3.37. The van der Waals surface area contributed by atoms with Crippen molar-refractivity contribution in [3.63, 3.8) is 0 Å². The largest absolute Gasteiger partial charge is 0.507 e. The molecule has 1 N–H and O–H groups in total. The number of ketones is 1. The summed E-state index contributed by atoms with van der Waals surface area (Å²) >= 11 is 0. The number of carbonyl (C=O) groups is 1. The van der Waals surface area contributed by atoms with Crippen LogP contribution >= 0.6 is 0 Å². The Morgan fingerprint density at radius 2 is 1.41 bits per heavy atom. The summed E-state index contributed by atoms with van der Waals surface area (Å²) in [5, 5.41) is 9.75. The van der Waals surface area contributed by atoms with Gasteiger partial charge in [-0.3, -0.25) is 14.8 Å². The minimum absolute atomic E-state index is 0.0748. The van der Waals surface area contributed by atoms with E-state index in [1.807, 2.05) is 0 Å². The highest BCUT2D eigenvalue weighted by molar-refractivity contribution is 6.07. The summed E-state index contributed by atoms with van der Waals surface area (Å²) in [6.07, 6.45) is 7.35. The third-order valence-electron chi connectivity index (χ3n) is 2.21. The van der Waals surface area contributed by atoms with E-state index in [1.54, 1.807) is 36.7 Å². The molecule has 4 nitrogen and oxygen atoms in total. The Bertz CT molecular complexity index is 536. The van der Waals surface area contributed by atoms with Gasteiger partial charge in [-0.2, -0.15) is 0 Å². The van der Waals surface area contributed by atoms with E-state index >= 15 is 0 Å². The molecule has 84 valence electrons. The van der Waals surface area contributed by atoms with Gasteiger partial charge in [-0.1, -0.05) is 0 Å². The van der Waals surface area contributed by atoms with Crippen LogP contribution < -0.4 is 0 Å². The van der Waals surface area contributed by atoms with Gasteiger partial charge in [-0.15, -0.1) is 0 Å². The Morgan fingerprint density at radius 3 is 1.94 bits per heavy atom. The molecule has 0 aromatic carbocycles. The highest BCUT2D eigenvalue weighted by Gasteiger charge is 2.05. The number of pyridine rings is 2. The first-order valence-electron chi connectivity index (χ1n) is 5.03. The van der Waals surface area contributed by atoms with Crippen LogP contribution in [0.1, 0.15) is 15.9 Å². The zero-order valence-electron chi connectivity index (χ0n) is 8.95. The first kappa shape index (κ1) is 11.0. The molecule has 0 unspecified atom stereocenters. The third kappa shape index (κ3) is 2.75. The van der Waals surface area contributed by atoms with E-state index in [-0.39, 0.29) is 11.5 Å². The van der Waals surface area contributed by atoms with Crippen molar-refractivity contribution in [3.8, 4) is 0 Å². The number of carbonyl (C=O) groups excluding carboxylic acids is 1. The number of aliphatic hydroxyl groups is 1. The molecule has 2 rings (SSSR count). The summed E-state index contributed by atoms with van der Waals surface area (Å²) in [5.74, 6) is -0.337. The predicted octanol–water partition coefficient (Wildman–Crippen LogP) is 2.26.